The van der Waals surface area contributed by atoms with Gasteiger partial charge >= 0.3 is 6.03 Å². The smallest absolute Gasteiger partial charge is 0.317 e. The molecule has 4 heteroatoms. The van der Waals surface area contributed by atoms with E-state index >= 15 is 0 Å². The van der Waals surface area contributed by atoms with Crippen molar-refractivity contribution < 1.29 is 4.79 Å². The number of carbonyl (C=O) groups is 1. The number of nitrogens with one attached hydrogen (secondary N) is 1. The standard InChI is InChI=1S/C8H15N3O/c1-4-11(3)8(12)10-7(2)5-6-9/h7H,4-5H2,1-3H3,(H,10,12). The third-order valence-corrected chi connectivity index (χ3v) is 1.59. The number of urea groups is 1. The fourth-order valence-corrected chi connectivity index (χ4v) is 0.653. The van der Waals surface area contributed by atoms with Crippen molar-refractivity contribution in [3.8, 4) is 6.07 Å². The maximum atomic E-state index is 11.2. The van der Waals surface area contributed by atoms with Gasteiger partial charge < -0.3 is 10.2 Å². The average molecular weight is 169 g/mol. The maximum absolute atomic E-state index is 11.2. The monoisotopic (exact) mass is 169 g/mol. The molecule has 1 unspecified atom stereocenters. The summed E-state index contributed by atoms with van der Waals surface area (Å²) in [5.41, 5.74) is 0. The van der Waals surface area contributed by atoms with Crippen molar-refractivity contribution >= 4 is 6.03 Å². The Morgan fingerprint density at radius 2 is 2.33 bits per heavy atom. The average Bonchev–Trinajstić information content (AvgIpc) is 2.03. The molecule has 1 atom stereocenters. The normalized spacial score (nSPS) is 11.5. The molecular formula is C8H15N3O. The summed E-state index contributed by atoms with van der Waals surface area (Å²) in [6, 6.07) is 1.80. The number of carbonyl (C=O) groups excluding carboxylic acids is 1. The summed E-state index contributed by atoms with van der Waals surface area (Å²) >= 11 is 0. The highest BCUT2D eigenvalue weighted by atomic mass is 16.2. The zero-order valence-corrected chi connectivity index (χ0v) is 7.79. The number of hydrogen-bond donors (Lipinski definition) is 1. The molecule has 0 aromatic heterocycles. The predicted octanol–water partition coefficient (Wildman–Crippen LogP) is 0.950. The fourth-order valence-electron chi connectivity index (χ4n) is 0.653. The quantitative estimate of drug-likeness (QED) is 0.683. The number of amides is 2. The van der Waals surface area contributed by atoms with Crippen molar-refractivity contribution in [2.45, 2.75) is 26.3 Å². The molecule has 12 heavy (non-hydrogen) atoms. The third kappa shape index (κ3) is 3.81. The zero-order valence-electron chi connectivity index (χ0n) is 7.79. The van der Waals surface area contributed by atoms with Crippen molar-refractivity contribution in [2.24, 2.45) is 0 Å². The first-order valence-electron chi connectivity index (χ1n) is 4.00. The van der Waals surface area contributed by atoms with Gasteiger partial charge in [0.25, 0.3) is 0 Å². The Hall–Kier alpha value is -1.24. The fraction of sp³-hybridized carbons (Fsp3) is 0.750. The molecule has 0 spiro atoms. The molecule has 0 radical (unpaired) electrons. The summed E-state index contributed by atoms with van der Waals surface area (Å²) in [4.78, 5) is 12.7. The van der Waals surface area contributed by atoms with E-state index in [-0.39, 0.29) is 12.1 Å². The second-order valence-electron chi connectivity index (χ2n) is 2.73. The van der Waals surface area contributed by atoms with Crippen LogP contribution >= 0.6 is 0 Å². The molecule has 0 aromatic rings. The Morgan fingerprint density at radius 1 is 1.75 bits per heavy atom. The lowest BCUT2D eigenvalue weighted by Gasteiger charge is -2.18. The Bertz CT molecular complexity index is 185. The van der Waals surface area contributed by atoms with Gasteiger partial charge in [-0.05, 0) is 13.8 Å². The van der Waals surface area contributed by atoms with Gasteiger partial charge in [-0.1, -0.05) is 0 Å². The van der Waals surface area contributed by atoms with Crippen molar-refractivity contribution in [1.82, 2.24) is 10.2 Å². The van der Waals surface area contributed by atoms with Crippen LogP contribution in [0.25, 0.3) is 0 Å². The number of nitriles is 1. The Kier molecular flexibility index (Phi) is 4.86. The molecule has 0 aromatic carbocycles. The summed E-state index contributed by atoms with van der Waals surface area (Å²) in [5, 5.41) is 11.0. The van der Waals surface area contributed by atoms with Crippen LogP contribution in [0.3, 0.4) is 0 Å². The predicted molar refractivity (Wildman–Crippen MR) is 46.5 cm³/mol. The van der Waals surface area contributed by atoms with Gasteiger partial charge in [-0.3, -0.25) is 0 Å². The minimum Gasteiger partial charge on any atom is -0.335 e. The van der Waals surface area contributed by atoms with Crippen LogP contribution in [-0.4, -0.2) is 30.6 Å². The molecule has 4 nitrogen and oxygen atoms in total. The topological polar surface area (TPSA) is 56.1 Å². The Labute approximate surface area is 73.2 Å². The molecule has 2 amide bonds. The number of rotatable bonds is 3. The lowest BCUT2D eigenvalue weighted by molar-refractivity contribution is 0.208. The van der Waals surface area contributed by atoms with Crippen LogP contribution in [-0.2, 0) is 0 Å². The number of hydrogen-bond acceptors (Lipinski definition) is 2. The van der Waals surface area contributed by atoms with Crippen molar-refractivity contribution in [2.75, 3.05) is 13.6 Å². The highest BCUT2D eigenvalue weighted by Crippen LogP contribution is 1.90. The highest BCUT2D eigenvalue weighted by Gasteiger charge is 2.08. The van der Waals surface area contributed by atoms with Crippen LogP contribution < -0.4 is 5.32 Å². The minimum atomic E-state index is -0.125. The minimum absolute atomic E-state index is 0.0727. The summed E-state index contributed by atoms with van der Waals surface area (Å²) in [5.74, 6) is 0. The largest absolute Gasteiger partial charge is 0.335 e. The van der Waals surface area contributed by atoms with E-state index in [9.17, 15) is 4.79 Å². The molecule has 0 heterocycles. The van der Waals surface area contributed by atoms with Crippen LogP contribution in [0.5, 0.6) is 0 Å². The highest BCUT2D eigenvalue weighted by molar-refractivity contribution is 5.74. The molecule has 0 rings (SSSR count). The van der Waals surface area contributed by atoms with E-state index in [1.165, 1.54) is 0 Å². The molecule has 0 saturated carbocycles. The molecular weight excluding hydrogens is 154 g/mol. The van der Waals surface area contributed by atoms with E-state index in [0.717, 1.165) is 0 Å². The third-order valence-electron chi connectivity index (χ3n) is 1.59. The van der Waals surface area contributed by atoms with Gasteiger partial charge in [-0.2, -0.15) is 5.26 Å². The van der Waals surface area contributed by atoms with Crippen molar-refractivity contribution in [3.05, 3.63) is 0 Å². The lowest BCUT2D eigenvalue weighted by Crippen LogP contribution is -2.41. The van der Waals surface area contributed by atoms with Gasteiger partial charge in [0.15, 0.2) is 0 Å². The molecule has 0 aliphatic rings. The van der Waals surface area contributed by atoms with Gasteiger partial charge in [0.2, 0.25) is 0 Å². The van der Waals surface area contributed by atoms with E-state index in [1.54, 1.807) is 11.9 Å². The van der Waals surface area contributed by atoms with Crippen LogP contribution in [0, 0.1) is 11.3 Å². The van der Waals surface area contributed by atoms with Gasteiger partial charge in [0.05, 0.1) is 12.5 Å². The second-order valence-corrected chi connectivity index (χ2v) is 2.73. The Balaban J connectivity index is 3.77. The van der Waals surface area contributed by atoms with Gasteiger partial charge in [-0.15, -0.1) is 0 Å². The molecule has 1 N–H and O–H groups in total. The first kappa shape index (κ1) is 10.8. The zero-order chi connectivity index (χ0) is 9.56. The molecule has 0 saturated heterocycles. The van der Waals surface area contributed by atoms with Crippen LogP contribution in [0.2, 0.25) is 0 Å². The first-order chi connectivity index (χ1) is 5.61. The summed E-state index contributed by atoms with van der Waals surface area (Å²) in [6.45, 7) is 4.38. The van der Waals surface area contributed by atoms with E-state index in [1.807, 2.05) is 19.9 Å². The van der Waals surface area contributed by atoms with Crippen molar-refractivity contribution in [3.63, 3.8) is 0 Å². The maximum Gasteiger partial charge on any atom is 0.317 e. The van der Waals surface area contributed by atoms with E-state index in [0.29, 0.717) is 13.0 Å². The molecule has 0 bridgehead atoms. The molecule has 0 aliphatic carbocycles. The van der Waals surface area contributed by atoms with Crippen molar-refractivity contribution in [1.29, 1.82) is 5.26 Å². The van der Waals surface area contributed by atoms with E-state index in [4.69, 9.17) is 5.26 Å². The van der Waals surface area contributed by atoms with Gasteiger partial charge in [-0.25, -0.2) is 4.79 Å². The summed E-state index contributed by atoms with van der Waals surface area (Å²) in [7, 11) is 1.72. The van der Waals surface area contributed by atoms with E-state index in [2.05, 4.69) is 5.32 Å². The second kappa shape index (κ2) is 5.42. The molecule has 0 fully saturated rings. The van der Waals surface area contributed by atoms with Crippen LogP contribution in [0.1, 0.15) is 20.3 Å². The van der Waals surface area contributed by atoms with Crippen LogP contribution in [0.15, 0.2) is 0 Å². The Morgan fingerprint density at radius 3 is 2.75 bits per heavy atom. The van der Waals surface area contributed by atoms with Gasteiger partial charge in [0.1, 0.15) is 0 Å². The molecule has 68 valence electrons. The van der Waals surface area contributed by atoms with Gasteiger partial charge in [0, 0.05) is 19.6 Å². The number of nitrogens with zero attached hydrogens (tertiary/aromatic N) is 2. The molecule has 0 aliphatic heterocycles. The van der Waals surface area contributed by atoms with Crippen LogP contribution in [0.4, 0.5) is 4.79 Å². The summed E-state index contributed by atoms with van der Waals surface area (Å²) < 4.78 is 0. The summed E-state index contributed by atoms with van der Waals surface area (Å²) in [6.07, 6.45) is 0.350. The van der Waals surface area contributed by atoms with E-state index < -0.39 is 0 Å². The lowest BCUT2D eigenvalue weighted by atomic mass is 10.2. The first-order valence-corrected chi connectivity index (χ1v) is 4.00. The SMILES string of the molecule is CCN(C)C(=O)NC(C)CC#N.